The van der Waals surface area contributed by atoms with Crippen molar-refractivity contribution in [2.24, 2.45) is 0 Å². The minimum Gasteiger partial charge on any atom is -0.480 e. The van der Waals surface area contributed by atoms with Gasteiger partial charge < -0.3 is 14.4 Å². The number of nitrogens with zero attached hydrogens (tertiary/aromatic N) is 1. The van der Waals surface area contributed by atoms with Crippen molar-refractivity contribution in [1.82, 2.24) is 4.57 Å². The first kappa shape index (κ1) is 22.3. The molecule has 1 heterocycles. The molecule has 1 N–H and O–H groups in total. The second kappa shape index (κ2) is 9.25. The number of hydrogen-bond donors (Lipinski definition) is 1. The van der Waals surface area contributed by atoms with E-state index in [-0.39, 0.29) is 29.0 Å². The molecule has 148 valence electrons. The van der Waals surface area contributed by atoms with Gasteiger partial charge in [-0.15, -0.1) is 0 Å². The molecule has 0 aliphatic rings. The Labute approximate surface area is 155 Å². The van der Waals surface area contributed by atoms with Gasteiger partial charge in [0.2, 0.25) is 0 Å². The summed E-state index contributed by atoms with van der Waals surface area (Å²) < 4.78 is 46.0. The zero-order valence-electron chi connectivity index (χ0n) is 15.6. The van der Waals surface area contributed by atoms with Crippen LogP contribution in [0.15, 0.2) is 30.5 Å². The minimum absolute atomic E-state index is 0.0263. The fourth-order valence-corrected chi connectivity index (χ4v) is 2.64. The SMILES string of the molecule is CC.CCOC(=O)c1cn(CC(=O)O)c(-c2ccccc2C(F)(F)F)c1C. The van der Waals surface area contributed by atoms with Crippen LogP contribution in [0.3, 0.4) is 0 Å². The molecule has 1 aromatic heterocycles. The molecule has 0 saturated heterocycles. The van der Waals surface area contributed by atoms with Crippen molar-refractivity contribution < 1.29 is 32.6 Å². The summed E-state index contributed by atoms with van der Waals surface area (Å²) in [5, 5.41) is 9.05. The number of esters is 1. The lowest BCUT2D eigenvalue weighted by Gasteiger charge is -2.15. The highest BCUT2D eigenvalue weighted by atomic mass is 19.4. The number of carbonyl (C=O) groups is 2. The summed E-state index contributed by atoms with van der Waals surface area (Å²) in [6, 6.07) is 4.83. The van der Waals surface area contributed by atoms with Crippen LogP contribution in [0, 0.1) is 6.92 Å². The van der Waals surface area contributed by atoms with Gasteiger partial charge in [-0.1, -0.05) is 32.0 Å². The molecule has 0 amide bonds. The summed E-state index contributed by atoms with van der Waals surface area (Å²) in [6.45, 7) is 6.58. The Balaban J connectivity index is 0.00000176. The van der Waals surface area contributed by atoms with Crippen molar-refractivity contribution in [3.8, 4) is 11.3 Å². The van der Waals surface area contributed by atoms with E-state index >= 15 is 0 Å². The van der Waals surface area contributed by atoms with E-state index in [2.05, 4.69) is 0 Å². The van der Waals surface area contributed by atoms with Crippen molar-refractivity contribution in [3.63, 3.8) is 0 Å². The van der Waals surface area contributed by atoms with Crippen LogP contribution in [0.1, 0.15) is 42.3 Å². The number of carboxylic acids is 1. The molecule has 27 heavy (non-hydrogen) atoms. The van der Waals surface area contributed by atoms with E-state index in [1.54, 1.807) is 6.92 Å². The highest BCUT2D eigenvalue weighted by Gasteiger charge is 2.35. The minimum atomic E-state index is -4.62. The monoisotopic (exact) mass is 385 g/mol. The maximum Gasteiger partial charge on any atom is 0.417 e. The van der Waals surface area contributed by atoms with Gasteiger partial charge in [-0.25, -0.2) is 4.79 Å². The molecule has 0 atom stereocenters. The summed E-state index contributed by atoms with van der Waals surface area (Å²) in [6.07, 6.45) is -3.41. The number of alkyl halides is 3. The quantitative estimate of drug-likeness (QED) is 0.753. The number of carboxylic acid groups (broad SMARTS) is 1. The van der Waals surface area contributed by atoms with Crippen LogP contribution in [-0.2, 0) is 22.3 Å². The average molecular weight is 385 g/mol. The smallest absolute Gasteiger partial charge is 0.417 e. The molecule has 0 aliphatic carbocycles. The van der Waals surface area contributed by atoms with E-state index in [4.69, 9.17) is 9.84 Å². The first-order chi connectivity index (χ1) is 12.7. The molecular formula is C19H22F3NO4. The number of aliphatic carboxylic acids is 1. The van der Waals surface area contributed by atoms with Gasteiger partial charge in [0, 0.05) is 11.8 Å². The van der Waals surface area contributed by atoms with Crippen LogP contribution >= 0.6 is 0 Å². The summed E-state index contributed by atoms with van der Waals surface area (Å²) in [7, 11) is 0. The van der Waals surface area contributed by atoms with Gasteiger partial charge in [-0.2, -0.15) is 13.2 Å². The number of benzene rings is 1. The van der Waals surface area contributed by atoms with Crippen LogP contribution in [0.2, 0.25) is 0 Å². The molecule has 0 radical (unpaired) electrons. The molecule has 2 rings (SSSR count). The standard InChI is InChI=1S/C17H16F3NO4.C2H6/c1-3-25-16(24)12-8-21(9-14(22)23)15(10(12)2)11-6-4-5-7-13(11)17(18,19)20;1-2/h4-8H,3,9H2,1-2H3,(H,22,23);1-2H3. The molecular weight excluding hydrogens is 363 g/mol. The average Bonchev–Trinajstić information content (AvgIpc) is 2.91. The van der Waals surface area contributed by atoms with Gasteiger partial charge in [0.25, 0.3) is 0 Å². The summed E-state index contributed by atoms with van der Waals surface area (Å²) >= 11 is 0. The predicted molar refractivity (Wildman–Crippen MR) is 94.5 cm³/mol. The Morgan fingerprint density at radius 1 is 1.19 bits per heavy atom. The van der Waals surface area contributed by atoms with E-state index < -0.39 is 30.2 Å². The van der Waals surface area contributed by atoms with Crippen LogP contribution in [0.25, 0.3) is 11.3 Å². The maximum absolute atomic E-state index is 13.3. The van der Waals surface area contributed by atoms with E-state index in [1.807, 2.05) is 13.8 Å². The molecule has 0 bridgehead atoms. The summed E-state index contributed by atoms with van der Waals surface area (Å²) in [5.74, 6) is -1.95. The van der Waals surface area contributed by atoms with E-state index in [1.165, 1.54) is 31.3 Å². The molecule has 0 spiro atoms. The van der Waals surface area contributed by atoms with Crippen molar-refractivity contribution in [2.45, 2.75) is 40.4 Å². The molecule has 0 aliphatic heterocycles. The third-order valence-corrected chi connectivity index (χ3v) is 3.62. The number of aromatic nitrogens is 1. The second-order valence-electron chi connectivity index (χ2n) is 5.30. The van der Waals surface area contributed by atoms with E-state index in [0.717, 1.165) is 10.6 Å². The van der Waals surface area contributed by atoms with E-state index in [0.29, 0.717) is 0 Å². The van der Waals surface area contributed by atoms with Crippen molar-refractivity contribution in [1.29, 1.82) is 0 Å². The predicted octanol–water partition coefficient (Wildman–Crippen LogP) is 4.77. The summed E-state index contributed by atoms with van der Waals surface area (Å²) in [5.41, 5.74) is -0.799. The van der Waals surface area contributed by atoms with Gasteiger partial charge >= 0.3 is 18.1 Å². The number of ether oxygens (including phenoxy) is 1. The molecule has 1 aromatic carbocycles. The molecule has 5 nitrogen and oxygen atoms in total. The van der Waals surface area contributed by atoms with Gasteiger partial charge in [0.15, 0.2) is 0 Å². The van der Waals surface area contributed by atoms with Gasteiger partial charge in [0.1, 0.15) is 6.54 Å². The number of hydrogen-bond acceptors (Lipinski definition) is 3. The Morgan fingerprint density at radius 3 is 2.30 bits per heavy atom. The van der Waals surface area contributed by atoms with Crippen molar-refractivity contribution >= 4 is 11.9 Å². The number of rotatable bonds is 5. The third-order valence-electron chi connectivity index (χ3n) is 3.62. The molecule has 2 aromatic rings. The first-order valence-corrected chi connectivity index (χ1v) is 8.42. The fraction of sp³-hybridized carbons (Fsp3) is 0.368. The lowest BCUT2D eigenvalue weighted by Crippen LogP contribution is -2.12. The maximum atomic E-state index is 13.3. The highest BCUT2D eigenvalue weighted by molar-refractivity contribution is 5.94. The van der Waals surface area contributed by atoms with Crippen LogP contribution in [0.4, 0.5) is 13.2 Å². The largest absolute Gasteiger partial charge is 0.480 e. The van der Waals surface area contributed by atoms with Crippen LogP contribution in [-0.4, -0.2) is 28.2 Å². The van der Waals surface area contributed by atoms with Crippen molar-refractivity contribution in [3.05, 3.63) is 47.2 Å². The third kappa shape index (κ3) is 5.12. The summed E-state index contributed by atoms with van der Waals surface area (Å²) in [4.78, 5) is 23.1. The van der Waals surface area contributed by atoms with Crippen LogP contribution < -0.4 is 0 Å². The highest BCUT2D eigenvalue weighted by Crippen LogP contribution is 2.39. The zero-order valence-corrected chi connectivity index (χ0v) is 15.6. The van der Waals surface area contributed by atoms with Gasteiger partial charge in [-0.05, 0) is 25.5 Å². The number of carbonyl (C=O) groups excluding carboxylic acids is 1. The molecule has 0 unspecified atom stereocenters. The molecule has 0 fully saturated rings. The Morgan fingerprint density at radius 2 is 1.78 bits per heavy atom. The van der Waals surface area contributed by atoms with E-state index in [9.17, 15) is 22.8 Å². The lowest BCUT2D eigenvalue weighted by molar-refractivity contribution is -0.138. The van der Waals surface area contributed by atoms with Crippen LogP contribution in [0.5, 0.6) is 0 Å². The second-order valence-corrected chi connectivity index (χ2v) is 5.30. The van der Waals surface area contributed by atoms with Gasteiger partial charge in [-0.3, -0.25) is 4.79 Å². The normalized spacial score (nSPS) is 10.8. The Bertz CT molecular complexity index is 810. The number of halogens is 3. The zero-order chi connectivity index (χ0) is 20.8. The fourth-order valence-electron chi connectivity index (χ4n) is 2.64. The molecule has 0 saturated carbocycles. The first-order valence-electron chi connectivity index (χ1n) is 8.42. The van der Waals surface area contributed by atoms with Crippen molar-refractivity contribution in [2.75, 3.05) is 6.61 Å². The Hall–Kier alpha value is -2.77. The van der Waals surface area contributed by atoms with Gasteiger partial charge in [0.05, 0.1) is 23.4 Å². The molecule has 8 heteroatoms. The Kier molecular flexibility index (Phi) is 7.63. The lowest BCUT2D eigenvalue weighted by atomic mass is 10.00. The topological polar surface area (TPSA) is 68.5 Å².